The van der Waals surface area contributed by atoms with Gasteiger partial charge in [0.15, 0.2) is 18.1 Å². The van der Waals surface area contributed by atoms with Crippen molar-refractivity contribution in [2.45, 2.75) is 84.2 Å². The number of aryl methyl sites for hydroxylation is 2. The van der Waals surface area contributed by atoms with E-state index in [1.54, 1.807) is 69.9 Å². The van der Waals surface area contributed by atoms with E-state index in [9.17, 15) is 39.0 Å². The number of carbonyl (C=O) groups is 6. The Balaban J connectivity index is 0.864. The van der Waals surface area contributed by atoms with Crippen LogP contribution in [0.4, 0.5) is 0 Å². The minimum Gasteiger partial charge on any atom is -0.507 e. The fraction of sp³-hybridized carbons (Fsp3) is 0.388. The van der Waals surface area contributed by atoms with Gasteiger partial charge in [-0.25, -0.2) is 4.98 Å². The van der Waals surface area contributed by atoms with Gasteiger partial charge in [-0.1, -0.05) is 62.3 Å². The van der Waals surface area contributed by atoms with Gasteiger partial charge in [0.25, 0.3) is 17.7 Å². The average Bonchev–Trinajstić information content (AvgIpc) is 4.13. The Bertz CT molecular complexity index is 2690. The van der Waals surface area contributed by atoms with Gasteiger partial charge in [-0.3, -0.25) is 28.8 Å². The molecule has 358 valence electrons. The number of β-amino-alcohol motifs (C(OH)–C–C–N with tert-alkyl or cyclic N) is 1. The number of hydrogen-bond donors (Lipinski definition) is 6. The zero-order chi connectivity index (χ0) is 48.9. The van der Waals surface area contributed by atoms with Crippen LogP contribution < -0.4 is 26.0 Å². The number of carbonyl (C=O) groups excluding carboxylic acids is 6. The van der Waals surface area contributed by atoms with E-state index in [2.05, 4.69) is 31.4 Å². The Labute approximate surface area is 397 Å². The van der Waals surface area contributed by atoms with Gasteiger partial charge in [0.1, 0.15) is 23.6 Å². The van der Waals surface area contributed by atoms with Crippen molar-refractivity contribution in [2.75, 3.05) is 33.8 Å². The largest absolute Gasteiger partial charge is 0.507 e. The topological polar surface area (TPSA) is 246 Å². The molecule has 18 nitrogen and oxygen atoms in total. The van der Waals surface area contributed by atoms with E-state index in [0.717, 1.165) is 32.8 Å². The summed E-state index contributed by atoms with van der Waals surface area (Å²) in [7, 11) is 3.16. The highest BCUT2D eigenvalue weighted by Gasteiger charge is 2.44. The number of nitrogens with one attached hydrogen (secondary N) is 4. The molecular formula is C49H56N8O10S. The quantitative estimate of drug-likeness (QED) is 0.0812. The second-order valence-corrected chi connectivity index (χ2v) is 19.1. The first-order valence-corrected chi connectivity index (χ1v) is 23.1. The van der Waals surface area contributed by atoms with Crippen LogP contribution in [0, 0.1) is 12.3 Å². The maximum atomic E-state index is 14.0. The number of phenolic OH excluding ortho intramolecular Hbond substituents is 1. The Hall–Kier alpha value is -7.12. The van der Waals surface area contributed by atoms with Crippen molar-refractivity contribution >= 4 is 46.8 Å². The van der Waals surface area contributed by atoms with Gasteiger partial charge < -0.3 is 50.5 Å². The molecule has 1 saturated heterocycles. The summed E-state index contributed by atoms with van der Waals surface area (Å²) in [5.74, 6) is -2.32. The van der Waals surface area contributed by atoms with Gasteiger partial charge in [-0.05, 0) is 71.7 Å². The second kappa shape index (κ2) is 20.8. The highest BCUT2D eigenvalue weighted by molar-refractivity contribution is 7.13. The van der Waals surface area contributed by atoms with E-state index in [1.165, 1.54) is 28.0 Å². The van der Waals surface area contributed by atoms with Crippen LogP contribution in [-0.2, 0) is 32.1 Å². The number of aliphatic hydroxyl groups excluding tert-OH is 1. The molecule has 3 aromatic carbocycles. The van der Waals surface area contributed by atoms with Crippen LogP contribution >= 0.6 is 11.3 Å². The Morgan fingerprint density at radius 3 is 2.41 bits per heavy atom. The molecule has 6 N–H and O–H groups in total. The summed E-state index contributed by atoms with van der Waals surface area (Å²) in [4.78, 5) is 87.1. The number of ether oxygens (including phenoxy) is 1. The molecule has 6 amide bonds. The fourth-order valence-electron chi connectivity index (χ4n) is 8.21. The number of phenols is 1. The summed E-state index contributed by atoms with van der Waals surface area (Å²) in [5, 5.41) is 36.3. The van der Waals surface area contributed by atoms with Crippen LogP contribution in [0.15, 0.2) is 76.8 Å². The number of rotatable bonds is 16. The van der Waals surface area contributed by atoms with Crippen molar-refractivity contribution in [3.8, 4) is 33.3 Å². The molecule has 68 heavy (non-hydrogen) atoms. The van der Waals surface area contributed by atoms with Gasteiger partial charge >= 0.3 is 0 Å². The van der Waals surface area contributed by atoms with E-state index in [-0.39, 0.29) is 73.8 Å². The van der Waals surface area contributed by atoms with Crippen LogP contribution in [0.3, 0.4) is 0 Å². The van der Waals surface area contributed by atoms with Crippen LogP contribution in [0.1, 0.15) is 89.3 Å². The Morgan fingerprint density at radius 2 is 1.72 bits per heavy atom. The summed E-state index contributed by atoms with van der Waals surface area (Å²) < 4.78 is 11.2. The summed E-state index contributed by atoms with van der Waals surface area (Å²) in [6.07, 6.45) is 0.324. The van der Waals surface area contributed by atoms with Crippen molar-refractivity contribution in [2.24, 2.45) is 5.41 Å². The molecule has 4 atom stereocenters. The lowest BCUT2D eigenvalue weighted by Crippen LogP contribution is -2.57. The van der Waals surface area contributed by atoms with Gasteiger partial charge in [-0.2, -0.15) is 0 Å². The van der Waals surface area contributed by atoms with Crippen LogP contribution in [0.2, 0.25) is 0 Å². The molecule has 0 spiro atoms. The fourth-order valence-corrected chi connectivity index (χ4v) is 9.02. The third-order valence-corrected chi connectivity index (χ3v) is 12.9. The normalized spacial score (nSPS) is 16.9. The van der Waals surface area contributed by atoms with Crippen LogP contribution in [0.5, 0.6) is 11.5 Å². The Morgan fingerprint density at radius 1 is 0.971 bits per heavy atom. The predicted octanol–water partition coefficient (Wildman–Crippen LogP) is 4.29. The van der Waals surface area contributed by atoms with Gasteiger partial charge in [0, 0.05) is 58.2 Å². The molecular weight excluding hydrogens is 893 g/mol. The number of hydrogen-bond acceptors (Lipinski definition) is 13. The monoisotopic (exact) mass is 948 g/mol. The van der Waals surface area contributed by atoms with Crippen molar-refractivity contribution in [3.05, 3.63) is 106 Å². The van der Waals surface area contributed by atoms with Crippen molar-refractivity contribution in [3.63, 3.8) is 0 Å². The van der Waals surface area contributed by atoms with E-state index < -0.39 is 53.1 Å². The summed E-state index contributed by atoms with van der Waals surface area (Å²) in [5.41, 5.74) is 6.29. The number of aromatic nitrogens is 2. The minimum absolute atomic E-state index is 0.0247. The highest BCUT2D eigenvalue weighted by atomic mass is 32.1. The minimum atomic E-state index is -1.03. The van der Waals surface area contributed by atoms with E-state index in [4.69, 9.17) is 9.26 Å². The van der Waals surface area contributed by atoms with Gasteiger partial charge in [0.2, 0.25) is 17.7 Å². The zero-order valence-electron chi connectivity index (χ0n) is 38.8. The first kappa shape index (κ1) is 48.8. The number of thiazole rings is 1. The summed E-state index contributed by atoms with van der Waals surface area (Å²) >= 11 is 1.56. The molecule has 1 aliphatic carbocycles. The number of benzene rings is 3. The Kier molecular flexibility index (Phi) is 14.9. The smallest absolute Gasteiger partial charge is 0.273 e. The SMILES string of the molecule is Cc1ncsc1-c1ccc(CNC(=O)[C@@H]2C[C@@H](O)CN2C(=O)C(NC(=O)CCNC(=O)COc2ccc3c(c2)[C@H](NC(=O)c2cc(-c4ccc(C(=O)N(C)C)c(O)c4)on2)CC3)C(C)(C)C)cc1. The first-order valence-electron chi connectivity index (χ1n) is 22.3. The number of aliphatic hydroxyl groups is 1. The molecule has 7 rings (SSSR count). The molecule has 2 aliphatic rings. The lowest BCUT2D eigenvalue weighted by molar-refractivity contribution is -0.144. The van der Waals surface area contributed by atoms with Crippen molar-refractivity contribution in [1.82, 2.24) is 41.2 Å². The van der Waals surface area contributed by atoms with E-state index in [0.29, 0.717) is 24.2 Å². The van der Waals surface area contributed by atoms with Gasteiger partial charge in [0.05, 0.1) is 33.8 Å². The number of likely N-dealkylation sites (tertiary alicyclic amines) is 1. The van der Waals surface area contributed by atoms with E-state index >= 15 is 0 Å². The maximum Gasteiger partial charge on any atom is 0.273 e. The predicted molar refractivity (Wildman–Crippen MR) is 251 cm³/mol. The summed E-state index contributed by atoms with van der Waals surface area (Å²) in [6, 6.07) is 16.7. The van der Waals surface area contributed by atoms with Crippen molar-refractivity contribution in [1.29, 1.82) is 0 Å². The average molecular weight is 949 g/mol. The maximum absolute atomic E-state index is 14.0. The molecule has 1 unspecified atom stereocenters. The number of nitrogens with zero attached hydrogens (tertiary/aromatic N) is 4. The van der Waals surface area contributed by atoms with Gasteiger partial charge in [-0.15, -0.1) is 11.3 Å². The highest BCUT2D eigenvalue weighted by Crippen LogP contribution is 2.35. The van der Waals surface area contributed by atoms with Crippen LogP contribution in [-0.4, -0.2) is 118 Å². The first-order chi connectivity index (χ1) is 32.4. The zero-order valence-corrected chi connectivity index (χ0v) is 39.6. The molecule has 5 aromatic rings. The van der Waals surface area contributed by atoms with Crippen LogP contribution in [0.25, 0.3) is 21.8 Å². The molecule has 1 aliphatic heterocycles. The van der Waals surface area contributed by atoms with Crippen molar-refractivity contribution < 1.29 is 48.2 Å². The molecule has 1 fully saturated rings. The molecule has 0 radical (unpaired) electrons. The number of aromatic hydroxyl groups is 1. The molecule has 3 heterocycles. The lowest BCUT2D eigenvalue weighted by atomic mass is 9.85. The number of fused-ring (bicyclic) bond motifs is 1. The van der Waals surface area contributed by atoms with E-state index in [1.807, 2.05) is 37.3 Å². The summed E-state index contributed by atoms with van der Waals surface area (Å²) in [6.45, 7) is 7.11. The number of amides is 6. The molecule has 0 saturated carbocycles. The third-order valence-electron chi connectivity index (χ3n) is 11.9. The molecule has 0 bridgehead atoms. The second-order valence-electron chi connectivity index (χ2n) is 18.3. The third kappa shape index (κ3) is 11.5. The molecule has 2 aromatic heterocycles. The standard InChI is InChI=1S/C49H56N8O10S/c1-27-43(68-26-52-27)30-9-7-28(8-10-30)23-51-46(63)38-20-32(58)24-57(38)48(65)44(49(2,3)4)54-41(60)17-18-50-42(61)25-66-33-14-11-29-13-16-36(35(29)21-33)53-45(62)37-22-40(67-55-37)31-12-15-34(39(59)19-31)47(64)56(5)6/h7-12,14-15,19,21-22,26,32,36,38,44,58-59H,13,16-18,20,23-25H2,1-6H3,(H,50,61)(H,51,63)(H,53,62)(H,54,60)/t32-,36-,38+,44?/m1/s1. The molecule has 19 heteroatoms. The lowest BCUT2D eigenvalue weighted by Gasteiger charge is -2.35.